The summed E-state index contributed by atoms with van der Waals surface area (Å²) in [6.45, 7) is 9.83. The van der Waals surface area contributed by atoms with Crippen molar-refractivity contribution in [2.45, 2.75) is 26.2 Å². The van der Waals surface area contributed by atoms with Crippen molar-refractivity contribution in [1.29, 1.82) is 0 Å². The minimum absolute atomic E-state index is 0.176. The molecular formula is C15H18F2N2. The van der Waals surface area contributed by atoms with Gasteiger partial charge in [-0.2, -0.15) is 0 Å². The number of nitrogens with zero attached hydrogens (tertiary/aromatic N) is 1. The van der Waals surface area contributed by atoms with Gasteiger partial charge < -0.3 is 5.73 Å². The summed E-state index contributed by atoms with van der Waals surface area (Å²) in [7, 11) is 0. The van der Waals surface area contributed by atoms with E-state index >= 15 is 0 Å². The summed E-state index contributed by atoms with van der Waals surface area (Å²) in [6, 6.07) is 6.99. The molecular weight excluding hydrogens is 246 g/mol. The molecule has 0 atom stereocenters. The second kappa shape index (κ2) is 5.78. The highest BCUT2D eigenvalue weighted by atomic mass is 19.3. The molecule has 19 heavy (non-hydrogen) atoms. The van der Waals surface area contributed by atoms with Crippen molar-refractivity contribution < 1.29 is 8.78 Å². The highest BCUT2D eigenvalue weighted by Crippen LogP contribution is 2.22. The van der Waals surface area contributed by atoms with Crippen LogP contribution in [0.15, 0.2) is 42.4 Å². The largest absolute Gasteiger partial charge is 0.399 e. The lowest BCUT2D eigenvalue weighted by Crippen LogP contribution is -2.23. The van der Waals surface area contributed by atoms with Crippen LogP contribution in [0.4, 0.5) is 8.78 Å². The topological polar surface area (TPSA) is 38.4 Å². The Balaban J connectivity index is 3.01. The second-order valence-electron chi connectivity index (χ2n) is 4.35. The summed E-state index contributed by atoms with van der Waals surface area (Å²) in [4.78, 5) is 3.93. The van der Waals surface area contributed by atoms with Crippen molar-refractivity contribution in [2.24, 2.45) is 10.7 Å². The van der Waals surface area contributed by atoms with Crippen LogP contribution in [0.25, 0.3) is 11.4 Å². The SMILES string of the molecule is C=C(N)c1ccc(C(=C)N=C(CC)C(C)(F)F)cc1. The Morgan fingerprint density at radius 2 is 1.68 bits per heavy atom. The van der Waals surface area contributed by atoms with E-state index in [9.17, 15) is 8.78 Å². The third-order valence-corrected chi connectivity index (χ3v) is 2.70. The molecule has 0 saturated heterocycles. The number of benzene rings is 1. The van der Waals surface area contributed by atoms with Gasteiger partial charge in [0.05, 0.1) is 11.4 Å². The molecule has 102 valence electrons. The third kappa shape index (κ3) is 4.02. The van der Waals surface area contributed by atoms with Crippen LogP contribution in [-0.4, -0.2) is 11.6 Å². The molecule has 0 spiro atoms. The lowest BCUT2D eigenvalue weighted by molar-refractivity contribution is 0.0984. The van der Waals surface area contributed by atoms with Gasteiger partial charge in [0.1, 0.15) is 0 Å². The predicted molar refractivity (Wildman–Crippen MR) is 77.0 cm³/mol. The van der Waals surface area contributed by atoms with Crippen molar-refractivity contribution >= 4 is 17.1 Å². The van der Waals surface area contributed by atoms with E-state index in [4.69, 9.17) is 5.73 Å². The normalized spacial score (nSPS) is 12.3. The molecule has 0 saturated carbocycles. The first-order valence-corrected chi connectivity index (χ1v) is 5.95. The van der Waals surface area contributed by atoms with Gasteiger partial charge in [0.25, 0.3) is 5.92 Å². The minimum atomic E-state index is -2.93. The molecule has 0 bridgehead atoms. The lowest BCUT2D eigenvalue weighted by atomic mass is 10.1. The zero-order chi connectivity index (χ0) is 14.6. The van der Waals surface area contributed by atoms with Gasteiger partial charge in [0.15, 0.2) is 0 Å². The van der Waals surface area contributed by atoms with E-state index in [0.29, 0.717) is 17.0 Å². The fourth-order valence-electron chi connectivity index (χ4n) is 1.59. The average molecular weight is 264 g/mol. The highest BCUT2D eigenvalue weighted by molar-refractivity contribution is 5.94. The maximum absolute atomic E-state index is 13.2. The van der Waals surface area contributed by atoms with Gasteiger partial charge in [0, 0.05) is 12.6 Å². The predicted octanol–water partition coefficient (Wildman–Crippen LogP) is 4.09. The number of hydrogen-bond donors (Lipinski definition) is 1. The summed E-state index contributed by atoms with van der Waals surface area (Å²) in [5, 5.41) is 0. The molecule has 0 aromatic heterocycles. The van der Waals surface area contributed by atoms with Crippen molar-refractivity contribution in [1.82, 2.24) is 0 Å². The number of nitrogens with two attached hydrogens (primary N) is 1. The van der Waals surface area contributed by atoms with Crippen molar-refractivity contribution in [3.63, 3.8) is 0 Å². The average Bonchev–Trinajstić information content (AvgIpc) is 2.34. The number of halogens is 2. The standard InChI is InChI=1S/C15H18F2N2/c1-5-14(15(4,16)17)19-11(3)13-8-6-12(7-9-13)10(2)18/h6-9H,2-3,5,18H2,1,4H3. The smallest absolute Gasteiger partial charge is 0.283 e. The molecule has 0 unspecified atom stereocenters. The summed E-state index contributed by atoms with van der Waals surface area (Å²) in [5.41, 5.74) is 7.62. The molecule has 0 aliphatic rings. The van der Waals surface area contributed by atoms with E-state index in [-0.39, 0.29) is 12.1 Å². The van der Waals surface area contributed by atoms with Crippen molar-refractivity contribution in [3.05, 3.63) is 48.6 Å². The summed E-state index contributed by atoms with van der Waals surface area (Å²) < 4.78 is 26.5. The lowest BCUT2D eigenvalue weighted by Gasteiger charge is -2.13. The van der Waals surface area contributed by atoms with Gasteiger partial charge >= 0.3 is 0 Å². The Bertz CT molecular complexity index is 508. The van der Waals surface area contributed by atoms with Crippen LogP contribution in [-0.2, 0) is 0 Å². The molecule has 0 fully saturated rings. The number of rotatable bonds is 5. The van der Waals surface area contributed by atoms with Crippen LogP contribution in [0.5, 0.6) is 0 Å². The van der Waals surface area contributed by atoms with Gasteiger partial charge in [-0.15, -0.1) is 0 Å². The quantitative estimate of drug-likeness (QED) is 0.799. The van der Waals surface area contributed by atoms with Crippen LogP contribution in [0.1, 0.15) is 31.4 Å². The Morgan fingerprint density at radius 1 is 1.21 bits per heavy atom. The second-order valence-corrected chi connectivity index (χ2v) is 4.35. The zero-order valence-electron chi connectivity index (χ0n) is 11.2. The van der Waals surface area contributed by atoms with Crippen molar-refractivity contribution in [2.75, 3.05) is 0 Å². The van der Waals surface area contributed by atoms with Crippen LogP contribution >= 0.6 is 0 Å². The molecule has 0 amide bonds. The molecule has 1 aromatic carbocycles. The van der Waals surface area contributed by atoms with E-state index in [2.05, 4.69) is 18.2 Å². The number of aliphatic imine (C=N–C) groups is 1. The first kappa shape index (κ1) is 15.1. The molecule has 0 radical (unpaired) electrons. The Hall–Kier alpha value is -1.97. The molecule has 0 aliphatic carbocycles. The molecule has 4 heteroatoms. The van der Waals surface area contributed by atoms with E-state index in [1.807, 2.05) is 0 Å². The first-order chi connectivity index (χ1) is 8.75. The molecule has 2 N–H and O–H groups in total. The zero-order valence-corrected chi connectivity index (χ0v) is 11.2. The maximum atomic E-state index is 13.2. The van der Waals surface area contributed by atoms with E-state index in [1.165, 1.54) is 0 Å². The monoisotopic (exact) mass is 264 g/mol. The van der Waals surface area contributed by atoms with Crippen LogP contribution < -0.4 is 5.73 Å². The third-order valence-electron chi connectivity index (χ3n) is 2.70. The van der Waals surface area contributed by atoms with Crippen LogP contribution in [0.3, 0.4) is 0 Å². The molecule has 1 aromatic rings. The Labute approximate surface area is 112 Å². The van der Waals surface area contributed by atoms with E-state index < -0.39 is 5.92 Å². The number of hydrogen-bond acceptors (Lipinski definition) is 2. The van der Waals surface area contributed by atoms with Gasteiger partial charge in [0.2, 0.25) is 0 Å². The fourth-order valence-corrected chi connectivity index (χ4v) is 1.59. The van der Waals surface area contributed by atoms with Gasteiger partial charge in [-0.1, -0.05) is 44.3 Å². The summed E-state index contributed by atoms with van der Waals surface area (Å²) in [5.74, 6) is -2.93. The van der Waals surface area contributed by atoms with E-state index in [1.54, 1.807) is 31.2 Å². The van der Waals surface area contributed by atoms with Gasteiger partial charge in [-0.05, 0) is 17.5 Å². The van der Waals surface area contributed by atoms with Gasteiger partial charge in [-0.3, -0.25) is 4.99 Å². The van der Waals surface area contributed by atoms with Crippen LogP contribution in [0.2, 0.25) is 0 Å². The summed E-state index contributed by atoms with van der Waals surface area (Å²) in [6.07, 6.45) is 0.181. The molecule has 0 aliphatic heterocycles. The Kier molecular flexibility index (Phi) is 4.59. The van der Waals surface area contributed by atoms with Crippen molar-refractivity contribution in [3.8, 4) is 0 Å². The molecule has 2 nitrogen and oxygen atoms in total. The highest BCUT2D eigenvalue weighted by Gasteiger charge is 2.27. The minimum Gasteiger partial charge on any atom is -0.399 e. The molecule has 1 rings (SSSR count). The molecule has 0 heterocycles. The van der Waals surface area contributed by atoms with Gasteiger partial charge in [-0.25, -0.2) is 8.78 Å². The Morgan fingerprint density at radius 3 is 2.05 bits per heavy atom. The van der Waals surface area contributed by atoms with Crippen LogP contribution in [0, 0.1) is 0 Å². The first-order valence-electron chi connectivity index (χ1n) is 5.95. The number of alkyl halides is 2. The maximum Gasteiger partial charge on any atom is 0.283 e. The summed E-state index contributed by atoms with van der Waals surface area (Å²) >= 11 is 0. The fraction of sp³-hybridized carbons (Fsp3) is 0.267. The van der Waals surface area contributed by atoms with E-state index in [0.717, 1.165) is 12.5 Å².